The number of aromatic nitrogens is 2. The van der Waals surface area contributed by atoms with E-state index in [2.05, 4.69) is 18.8 Å². The molecule has 0 radical (unpaired) electrons. The molecule has 0 saturated heterocycles. The third kappa shape index (κ3) is 4.18. The van der Waals surface area contributed by atoms with E-state index in [0.29, 0.717) is 42.7 Å². The maximum Gasteiger partial charge on any atom is 0.343 e. The summed E-state index contributed by atoms with van der Waals surface area (Å²) in [5, 5.41) is 0. The monoisotopic (exact) mass is 416 g/mol. The number of methoxy groups -OCH3 is 3. The molecule has 8 heteroatoms. The van der Waals surface area contributed by atoms with Crippen molar-refractivity contribution < 1.29 is 23.7 Å². The zero-order valence-corrected chi connectivity index (χ0v) is 18.1. The summed E-state index contributed by atoms with van der Waals surface area (Å²) in [7, 11) is 4.45. The number of carbonyl (C=O) groups is 1. The quantitative estimate of drug-likeness (QED) is 0.483. The highest BCUT2D eigenvalue weighted by Crippen LogP contribution is 2.40. The molecule has 0 saturated carbocycles. The first-order chi connectivity index (χ1) is 14.4. The Balaban J connectivity index is 2.10. The van der Waals surface area contributed by atoms with E-state index in [9.17, 15) is 9.59 Å². The first-order valence-electron chi connectivity index (χ1n) is 9.95. The SMILES string of the molecule is COCCCOc1cc2c(nc1OC)-c1cc(=O)c(C(=O)OC)cn1[C@H](C(C)C)C2. The normalized spacial score (nSPS) is 14.8. The molecule has 0 unspecified atom stereocenters. The van der Waals surface area contributed by atoms with Gasteiger partial charge in [-0.15, -0.1) is 0 Å². The number of pyridine rings is 2. The van der Waals surface area contributed by atoms with Crippen molar-refractivity contribution in [2.75, 3.05) is 34.5 Å². The minimum Gasteiger partial charge on any atom is -0.488 e. The van der Waals surface area contributed by atoms with Gasteiger partial charge in [0.25, 0.3) is 5.88 Å². The second kappa shape index (κ2) is 9.30. The highest BCUT2D eigenvalue weighted by Gasteiger charge is 2.30. The number of hydrogen-bond acceptors (Lipinski definition) is 7. The van der Waals surface area contributed by atoms with Crippen LogP contribution < -0.4 is 14.9 Å². The summed E-state index contributed by atoms with van der Waals surface area (Å²) >= 11 is 0. The highest BCUT2D eigenvalue weighted by molar-refractivity contribution is 5.89. The van der Waals surface area contributed by atoms with Gasteiger partial charge in [-0.2, -0.15) is 0 Å². The lowest BCUT2D eigenvalue weighted by Crippen LogP contribution is -2.29. The average molecular weight is 416 g/mol. The Morgan fingerprint density at radius 1 is 1.23 bits per heavy atom. The van der Waals surface area contributed by atoms with Crippen LogP contribution in [0.1, 0.15) is 42.2 Å². The predicted octanol–water partition coefficient (Wildman–Crippen LogP) is 2.87. The van der Waals surface area contributed by atoms with E-state index in [-0.39, 0.29) is 17.5 Å². The summed E-state index contributed by atoms with van der Waals surface area (Å²) in [5.74, 6) is 0.536. The number of nitrogens with zero attached hydrogens (tertiary/aromatic N) is 2. The standard InChI is InChI=1S/C22H28N2O6/c1-13(2)16-9-14-10-19(30-8-6-7-27-3)21(28-4)23-20(14)17-11-18(25)15(12-24(16)17)22(26)29-5/h10-13,16H,6-9H2,1-5H3/t16-/m0/s1. The summed E-state index contributed by atoms with van der Waals surface area (Å²) in [6.45, 7) is 5.30. The third-order valence-corrected chi connectivity index (χ3v) is 5.26. The van der Waals surface area contributed by atoms with Crippen molar-refractivity contribution in [1.29, 1.82) is 0 Å². The van der Waals surface area contributed by atoms with Crippen LogP contribution in [-0.2, 0) is 15.9 Å². The molecule has 3 rings (SSSR count). The van der Waals surface area contributed by atoms with E-state index in [4.69, 9.17) is 18.9 Å². The van der Waals surface area contributed by atoms with Crippen LogP contribution in [0.2, 0.25) is 0 Å². The molecule has 0 fully saturated rings. The first-order valence-corrected chi connectivity index (χ1v) is 9.95. The number of rotatable bonds is 8. The fourth-order valence-electron chi connectivity index (χ4n) is 3.69. The van der Waals surface area contributed by atoms with Crippen molar-refractivity contribution >= 4 is 5.97 Å². The maximum absolute atomic E-state index is 12.6. The number of esters is 1. The molecule has 30 heavy (non-hydrogen) atoms. The van der Waals surface area contributed by atoms with Crippen LogP contribution in [0.25, 0.3) is 11.4 Å². The molecular formula is C22H28N2O6. The smallest absolute Gasteiger partial charge is 0.343 e. The average Bonchev–Trinajstić information content (AvgIpc) is 2.74. The number of carbonyl (C=O) groups excluding carboxylic acids is 1. The molecule has 1 atom stereocenters. The van der Waals surface area contributed by atoms with Crippen LogP contribution in [0.15, 0.2) is 23.1 Å². The predicted molar refractivity (Wildman–Crippen MR) is 111 cm³/mol. The van der Waals surface area contributed by atoms with Gasteiger partial charge < -0.3 is 23.5 Å². The molecular weight excluding hydrogens is 388 g/mol. The molecule has 8 nitrogen and oxygen atoms in total. The van der Waals surface area contributed by atoms with Gasteiger partial charge in [-0.1, -0.05) is 13.8 Å². The van der Waals surface area contributed by atoms with Gasteiger partial charge in [0.15, 0.2) is 11.2 Å². The van der Waals surface area contributed by atoms with E-state index >= 15 is 0 Å². The Morgan fingerprint density at radius 2 is 2.00 bits per heavy atom. The second-order valence-corrected chi connectivity index (χ2v) is 7.55. The Hall–Kier alpha value is -2.87. The van der Waals surface area contributed by atoms with E-state index in [1.807, 2.05) is 10.6 Å². The summed E-state index contributed by atoms with van der Waals surface area (Å²) in [6, 6.07) is 3.43. The first kappa shape index (κ1) is 21.8. The van der Waals surface area contributed by atoms with Crippen LogP contribution in [0.5, 0.6) is 11.6 Å². The zero-order chi connectivity index (χ0) is 21.8. The maximum atomic E-state index is 12.6. The van der Waals surface area contributed by atoms with Gasteiger partial charge in [-0.25, -0.2) is 9.78 Å². The van der Waals surface area contributed by atoms with Crippen molar-refractivity contribution in [1.82, 2.24) is 9.55 Å². The fourth-order valence-corrected chi connectivity index (χ4v) is 3.69. The zero-order valence-electron chi connectivity index (χ0n) is 18.1. The summed E-state index contributed by atoms with van der Waals surface area (Å²) in [5.41, 5.74) is 1.89. The van der Waals surface area contributed by atoms with Crippen LogP contribution >= 0.6 is 0 Å². The summed E-state index contributed by atoms with van der Waals surface area (Å²) in [4.78, 5) is 29.3. The molecule has 0 aliphatic carbocycles. The van der Waals surface area contributed by atoms with E-state index in [0.717, 1.165) is 12.0 Å². The summed E-state index contributed by atoms with van der Waals surface area (Å²) in [6.07, 6.45) is 3.02. The van der Waals surface area contributed by atoms with E-state index in [1.54, 1.807) is 13.3 Å². The molecule has 0 spiro atoms. The Labute approximate surface area is 175 Å². The largest absolute Gasteiger partial charge is 0.488 e. The molecule has 0 bridgehead atoms. The lowest BCUT2D eigenvalue weighted by atomic mass is 9.89. The van der Waals surface area contributed by atoms with Crippen molar-refractivity contribution in [3.8, 4) is 23.0 Å². The topological polar surface area (TPSA) is 88.9 Å². The minimum absolute atomic E-state index is 0.0143. The fraction of sp³-hybridized carbons (Fsp3) is 0.500. The number of hydrogen-bond donors (Lipinski definition) is 0. The van der Waals surface area contributed by atoms with Gasteiger partial charge in [-0.3, -0.25) is 4.79 Å². The molecule has 0 aromatic carbocycles. The molecule has 1 aliphatic heterocycles. The summed E-state index contributed by atoms with van der Waals surface area (Å²) < 4.78 is 23.1. The Bertz CT molecular complexity index is 982. The van der Waals surface area contributed by atoms with Crippen LogP contribution in [0.3, 0.4) is 0 Å². The molecule has 162 valence electrons. The van der Waals surface area contributed by atoms with Gasteiger partial charge in [-0.05, 0) is 24.0 Å². The molecule has 2 aromatic rings. The van der Waals surface area contributed by atoms with Crippen LogP contribution in [0.4, 0.5) is 0 Å². The van der Waals surface area contributed by atoms with Crippen molar-refractivity contribution in [2.45, 2.75) is 32.7 Å². The third-order valence-electron chi connectivity index (χ3n) is 5.26. The minimum atomic E-state index is -0.644. The van der Waals surface area contributed by atoms with Gasteiger partial charge >= 0.3 is 5.97 Å². The van der Waals surface area contributed by atoms with Crippen molar-refractivity contribution in [3.05, 3.63) is 39.7 Å². The second-order valence-electron chi connectivity index (χ2n) is 7.55. The molecule has 1 aliphatic rings. The van der Waals surface area contributed by atoms with Gasteiger partial charge in [0.2, 0.25) is 0 Å². The van der Waals surface area contributed by atoms with Gasteiger partial charge in [0.1, 0.15) is 5.56 Å². The molecule has 0 N–H and O–H groups in total. The molecule has 3 heterocycles. The highest BCUT2D eigenvalue weighted by atomic mass is 16.5. The van der Waals surface area contributed by atoms with Gasteiger partial charge in [0, 0.05) is 38.4 Å². The molecule has 2 aromatic heterocycles. The van der Waals surface area contributed by atoms with Crippen molar-refractivity contribution in [2.24, 2.45) is 5.92 Å². The lowest BCUT2D eigenvalue weighted by molar-refractivity contribution is 0.0598. The van der Waals surface area contributed by atoms with Gasteiger partial charge in [0.05, 0.1) is 32.2 Å². The lowest BCUT2D eigenvalue weighted by Gasteiger charge is -2.33. The van der Waals surface area contributed by atoms with Crippen LogP contribution in [0, 0.1) is 5.92 Å². The van der Waals surface area contributed by atoms with E-state index < -0.39 is 11.4 Å². The number of fused-ring (bicyclic) bond motifs is 3. The number of ether oxygens (including phenoxy) is 4. The van der Waals surface area contributed by atoms with Crippen LogP contribution in [-0.4, -0.2) is 50.1 Å². The molecule has 0 amide bonds. The van der Waals surface area contributed by atoms with E-state index in [1.165, 1.54) is 20.3 Å². The Kier molecular flexibility index (Phi) is 6.77. The van der Waals surface area contributed by atoms with Crippen molar-refractivity contribution in [3.63, 3.8) is 0 Å². The Morgan fingerprint density at radius 3 is 2.63 bits per heavy atom.